The standard InChI is InChI=1S/C31H26N8O/c1-19(35-31(40)27-29(32)37-39-16-8-15-33-30(27)39)28-25(21-9-5-4-6-10-21)17-24-22(11-7-12-26(24)36-28)13-14-23-18-34-38(3)20(23)2/h4-12,15-19H,1-3H3,(H2,32,37)(H,35,40)/t19-/m0/s1. The molecular formula is C31H26N8O. The molecule has 6 aromatic rings. The van der Waals surface area contributed by atoms with Crippen LogP contribution in [0.3, 0.4) is 0 Å². The van der Waals surface area contributed by atoms with E-state index >= 15 is 0 Å². The van der Waals surface area contributed by atoms with Crippen LogP contribution in [-0.2, 0) is 7.05 Å². The SMILES string of the molecule is Cc1c(C#Cc2cccc3nc([C@H](C)NC(=O)c4c(N)nn5cccnc45)c(-c4ccccc4)cc23)cnn1C. The van der Waals surface area contributed by atoms with E-state index in [4.69, 9.17) is 10.7 Å². The van der Waals surface area contributed by atoms with Crippen LogP contribution >= 0.6 is 0 Å². The van der Waals surface area contributed by atoms with Gasteiger partial charge in [-0.3, -0.25) is 9.48 Å². The third-order valence-electron chi connectivity index (χ3n) is 6.95. The summed E-state index contributed by atoms with van der Waals surface area (Å²) in [4.78, 5) is 22.7. The van der Waals surface area contributed by atoms with Gasteiger partial charge in [-0.15, -0.1) is 5.10 Å². The molecule has 1 amide bonds. The van der Waals surface area contributed by atoms with Gasteiger partial charge < -0.3 is 11.1 Å². The van der Waals surface area contributed by atoms with Crippen molar-refractivity contribution in [3.63, 3.8) is 0 Å². The largest absolute Gasteiger partial charge is 0.381 e. The van der Waals surface area contributed by atoms with Gasteiger partial charge in [-0.05, 0) is 43.7 Å². The Hall–Kier alpha value is -5.49. The van der Waals surface area contributed by atoms with Crippen molar-refractivity contribution < 1.29 is 4.79 Å². The van der Waals surface area contributed by atoms with Crippen LogP contribution in [0.15, 0.2) is 79.3 Å². The number of nitrogens with one attached hydrogen (secondary N) is 1. The van der Waals surface area contributed by atoms with Crippen LogP contribution in [0.25, 0.3) is 27.7 Å². The smallest absolute Gasteiger partial charge is 0.259 e. The van der Waals surface area contributed by atoms with Gasteiger partial charge in [0.15, 0.2) is 11.5 Å². The van der Waals surface area contributed by atoms with Gasteiger partial charge in [-0.1, -0.05) is 48.2 Å². The highest BCUT2D eigenvalue weighted by Crippen LogP contribution is 2.32. The van der Waals surface area contributed by atoms with Gasteiger partial charge in [0.2, 0.25) is 0 Å². The van der Waals surface area contributed by atoms with E-state index in [0.29, 0.717) is 5.65 Å². The summed E-state index contributed by atoms with van der Waals surface area (Å²) in [7, 11) is 1.90. The van der Waals surface area contributed by atoms with Crippen molar-refractivity contribution in [2.45, 2.75) is 19.9 Å². The van der Waals surface area contributed by atoms with Crippen LogP contribution in [0, 0.1) is 18.8 Å². The monoisotopic (exact) mass is 526 g/mol. The van der Waals surface area contributed by atoms with E-state index in [1.807, 2.05) is 69.4 Å². The molecule has 0 spiro atoms. The first kappa shape index (κ1) is 24.8. The van der Waals surface area contributed by atoms with Gasteiger partial charge in [-0.2, -0.15) is 5.10 Å². The molecule has 0 fully saturated rings. The van der Waals surface area contributed by atoms with Gasteiger partial charge in [0.1, 0.15) is 5.56 Å². The fraction of sp³-hybridized carbons (Fsp3) is 0.129. The van der Waals surface area contributed by atoms with Crippen molar-refractivity contribution in [1.29, 1.82) is 0 Å². The molecular weight excluding hydrogens is 500 g/mol. The lowest BCUT2D eigenvalue weighted by atomic mass is 9.96. The number of carbonyl (C=O) groups is 1. The minimum Gasteiger partial charge on any atom is -0.381 e. The minimum absolute atomic E-state index is 0.116. The number of nitrogens with two attached hydrogens (primary N) is 1. The van der Waals surface area contributed by atoms with E-state index < -0.39 is 6.04 Å². The Morgan fingerprint density at radius 2 is 1.85 bits per heavy atom. The molecule has 0 radical (unpaired) electrons. The molecule has 40 heavy (non-hydrogen) atoms. The molecule has 1 atom stereocenters. The number of aromatic nitrogens is 6. The number of nitrogen functional groups attached to an aromatic ring is 1. The second kappa shape index (κ2) is 10.0. The van der Waals surface area contributed by atoms with Gasteiger partial charge >= 0.3 is 0 Å². The van der Waals surface area contributed by atoms with E-state index in [-0.39, 0.29) is 17.3 Å². The number of hydrogen-bond donors (Lipinski definition) is 2. The van der Waals surface area contributed by atoms with Crippen molar-refractivity contribution in [3.05, 3.63) is 107 Å². The Morgan fingerprint density at radius 1 is 1.05 bits per heavy atom. The van der Waals surface area contributed by atoms with E-state index in [1.54, 1.807) is 29.3 Å². The Kier molecular flexibility index (Phi) is 6.21. The Morgan fingerprint density at radius 3 is 2.62 bits per heavy atom. The second-order valence-electron chi connectivity index (χ2n) is 9.52. The predicted molar refractivity (Wildman–Crippen MR) is 154 cm³/mol. The fourth-order valence-corrected chi connectivity index (χ4v) is 4.71. The quantitative estimate of drug-likeness (QED) is 0.328. The molecule has 4 heterocycles. The molecule has 196 valence electrons. The summed E-state index contributed by atoms with van der Waals surface area (Å²) in [6.07, 6.45) is 5.08. The highest BCUT2D eigenvalue weighted by molar-refractivity contribution is 6.04. The van der Waals surface area contributed by atoms with Crippen molar-refractivity contribution in [1.82, 2.24) is 34.7 Å². The van der Waals surface area contributed by atoms with Crippen LogP contribution in [0.1, 0.15) is 45.8 Å². The number of pyridine rings is 1. The van der Waals surface area contributed by atoms with E-state index in [1.165, 1.54) is 4.52 Å². The first-order valence-electron chi connectivity index (χ1n) is 12.8. The third kappa shape index (κ3) is 4.41. The molecule has 0 aliphatic carbocycles. The summed E-state index contributed by atoms with van der Waals surface area (Å²) in [6, 6.07) is 19.3. The topological polar surface area (TPSA) is 116 Å². The fourth-order valence-electron chi connectivity index (χ4n) is 4.71. The molecule has 0 aliphatic heterocycles. The van der Waals surface area contributed by atoms with Crippen molar-refractivity contribution >= 4 is 28.3 Å². The Bertz CT molecular complexity index is 1960. The average molecular weight is 527 g/mol. The number of nitrogens with zero attached hydrogens (tertiary/aromatic N) is 6. The molecule has 0 unspecified atom stereocenters. The normalized spacial score (nSPS) is 11.8. The van der Waals surface area contributed by atoms with Crippen LogP contribution in [0.5, 0.6) is 0 Å². The molecule has 9 heteroatoms. The zero-order chi connectivity index (χ0) is 27.8. The maximum Gasteiger partial charge on any atom is 0.259 e. The van der Waals surface area contributed by atoms with Crippen molar-refractivity contribution in [2.24, 2.45) is 7.05 Å². The number of amides is 1. The zero-order valence-corrected chi connectivity index (χ0v) is 22.3. The number of benzene rings is 2. The third-order valence-corrected chi connectivity index (χ3v) is 6.95. The first-order valence-corrected chi connectivity index (χ1v) is 12.8. The lowest BCUT2D eigenvalue weighted by Gasteiger charge is -2.19. The molecule has 3 N–H and O–H groups in total. The summed E-state index contributed by atoms with van der Waals surface area (Å²) in [5.74, 6) is 6.32. The van der Waals surface area contributed by atoms with Gasteiger partial charge in [-0.25, -0.2) is 14.5 Å². The number of anilines is 1. The Balaban J connectivity index is 1.43. The zero-order valence-electron chi connectivity index (χ0n) is 22.3. The lowest BCUT2D eigenvalue weighted by molar-refractivity contribution is 0.0941. The highest BCUT2D eigenvalue weighted by atomic mass is 16.1. The summed E-state index contributed by atoms with van der Waals surface area (Å²) >= 11 is 0. The van der Waals surface area contributed by atoms with Gasteiger partial charge in [0.05, 0.1) is 34.7 Å². The van der Waals surface area contributed by atoms with Crippen LogP contribution < -0.4 is 11.1 Å². The Labute approximate surface area is 230 Å². The maximum atomic E-state index is 13.4. The number of fused-ring (bicyclic) bond motifs is 2. The molecule has 0 aliphatic rings. The number of carbonyl (C=O) groups excluding carboxylic acids is 1. The summed E-state index contributed by atoms with van der Waals surface area (Å²) in [5, 5.41) is 12.5. The second-order valence-corrected chi connectivity index (χ2v) is 9.52. The van der Waals surface area contributed by atoms with Crippen LogP contribution in [0.4, 0.5) is 5.82 Å². The number of rotatable bonds is 4. The molecule has 4 aromatic heterocycles. The number of aryl methyl sites for hydroxylation is 1. The van der Waals surface area contributed by atoms with E-state index in [9.17, 15) is 4.79 Å². The van der Waals surface area contributed by atoms with E-state index in [2.05, 4.69) is 38.4 Å². The molecule has 0 bridgehead atoms. The van der Waals surface area contributed by atoms with Crippen LogP contribution in [-0.4, -0.2) is 35.3 Å². The first-order chi connectivity index (χ1) is 19.4. The van der Waals surface area contributed by atoms with Crippen molar-refractivity contribution in [2.75, 3.05) is 5.73 Å². The predicted octanol–water partition coefficient (Wildman–Crippen LogP) is 4.46. The molecule has 9 nitrogen and oxygen atoms in total. The molecule has 0 saturated heterocycles. The number of hydrogen-bond acceptors (Lipinski definition) is 6. The highest BCUT2D eigenvalue weighted by Gasteiger charge is 2.23. The van der Waals surface area contributed by atoms with E-state index in [0.717, 1.165) is 44.5 Å². The molecule has 2 aromatic carbocycles. The average Bonchev–Trinajstić information content (AvgIpc) is 3.48. The molecule has 6 rings (SSSR count). The lowest BCUT2D eigenvalue weighted by Crippen LogP contribution is -2.28. The van der Waals surface area contributed by atoms with Crippen LogP contribution in [0.2, 0.25) is 0 Å². The maximum absolute atomic E-state index is 13.4. The summed E-state index contributed by atoms with van der Waals surface area (Å²) in [6.45, 7) is 3.90. The van der Waals surface area contributed by atoms with Crippen molar-refractivity contribution in [3.8, 4) is 23.0 Å². The summed E-state index contributed by atoms with van der Waals surface area (Å²) in [5.41, 5.74) is 12.9. The summed E-state index contributed by atoms with van der Waals surface area (Å²) < 4.78 is 3.30. The van der Waals surface area contributed by atoms with Gasteiger partial charge in [0.25, 0.3) is 5.91 Å². The minimum atomic E-state index is -0.446. The van der Waals surface area contributed by atoms with Gasteiger partial charge in [0, 0.05) is 36.0 Å². The molecule has 0 saturated carbocycles.